The third-order valence-electron chi connectivity index (χ3n) is 7.30. The van der Waals surface area contributed by atoms with Gasteiger partial charge in [0.2, 0.25) is 5.78 Å². The molecule has 1 aromatic rings. The van der Waals surface area contributed by atoms with Gasteiger partial charge in [0.15, 0.2) is 11.4 Å². The van der Waals surface area contributed by atoms with Crippen LogP contribution in [0.4, 0.5) is 5.69 Å². The van der Waals surface area contributed by atoms with E-state index in [1.54, 1.807) is 0 Å². The number of primary amides is 1. The number of carbonyl (C=O) groups excluding carboxylic acids is 4. The van der Waals surface area contributed by atoms with E-state index in [9.17, 15) is 39.6 Å². The predicted octanol–water partition coefficient (Wildman–Crippen LogP) is 0.105. The van der Waals surface area contributed by atoms with Gasteiger partial charge in [-0.3, -0.25) is 24.1 Å². The van der Waals surface area contributed by atoms with E-state index >= 15 is 0 Å². The molecule has 0 spiro atoms. The monoisotopic (exact) mass is 513 g/mol. The lowest BCUT2D eigenvalue weighted by atomic mass is 9.56. The van der Waals surface area contributed by atoms with E-state index in [2.05, 4.69) is 6.58 Å². The van der Waals surface area contributed by atoms with Crippen LogP contribution < -0.4 is 11.5 Å². The number of aromatic hydroxyl groups is 1. The Hall–Kier alpha value is -4.16. The van der Waals surface area contributed by atoms with Crippen LogP contribution in [0.15, 0.2) is 41.4 Å². The minimum absolute atomic E-state index is 0.122. The van der Waals surface area contributed by atoms with Crippen LogP contribution in [0.5, 0.6) is 5.75 Å². The zero-order chi connectivity index (χ0) is 27.7. The van der Waals surface area contributed by atoms with E-state index in [-0.39, 0.29) is 28.8 Å². The number of aliphatic hydroxyl groups is 3. The van der Waals surface area contributed by atoms with Gasteiger partial charge in [-0.1, -0.05) is 19.6 Å². The summed E-state index contributed by atoms with van der Waals surface area (Å²) in [5.41, 5.74) is 6.35. The molecule has 5 atom stereocenters. The van der Waals surface area contributed by atoms with Crippen LogP contribution in [0.1, 0.15) is 29.3 Å². The summed E-state index contributed by atoms with van der Waals surface area (Å²) in [6.07, 6.45) is -1.65. The number of carbonyl (C=O) groups is 4. The van der Waals surface area contributed by atoms with Crippen LogP contribution in [0, 0.1) is 11.8 Å². The van der Waals surface area contributed by atoms with Gasteiger partial charge in [0, 0.05) is 6.42 Å². The molecule has 0 aromatic heterocycles. The van der Waals surface area contributed by atoms with Gasteiger partial charge in [0.05, 0.1) is 34.7 Å². The highest BCUT2D eigenvalue weighted by Gasteiger charge is 2.68. The minimum atomic E-state index is -3.01. The Bertz CT molecular complexity index is 1360. The van der Waals surface area contributed by atoms with Crippen LogP contribution in [0.2, 0.25) is 0 Å². The van der Waals surface area contributed by atoms with E-state index < -0.39 is 81.4 Å². The average molecular weight is 514 g/mol. The number of anilines is 1. The maximum atomic E-state index is 13.7. The quantitative estimate of drug-likeness (QED) is 0.137. The average Bonchev–Trinajstić information content (AvgIpc) is 2.82. The van der Waals surface area contributed by atoms with Gasteiger partial charge in [-0.25, -0.2) is 0 Å². The molecule has 1 aromatic carbocycles. The molecule has 0 fully saturated rings. The number of nitrogens with two attached hydrogens (primary N) is 2. The highest BCUT2D eigenvalue weighted by molar-refractivity contribution is 6.25. The second-order valence-electron chi connectivity index (χ2n) is 9.48. The smallest absolute Gasteiger partial charge is 0.305 e. The van der Waals surface area contributed by atoms with Crippen LogP contribution in [0.25, 0.3) is 5.57 Å². The van der Waals surface area contributed by atoms with E-state index in [0.717, 1.165) is 0 Å². The third-order valence-corrected chi connectivity index (χ3v) is 7.30. The fourth-order valence-corrected chi connectivity index (χ4v) is 5.62. The highest BCUT2D eigenvalue weighted by atomic mass is 16.5. The third kappa shape index (κ3) is 3.29. The first-order valence-corrected chi connectivity index (χ1v) is 11.4. The number of phenolic OH excluding ortho intramolecular Hbond substituents is 1. The molecule has 3 aliphatic rings. The molecule has 0 bridgehead atoms. The van der Waals surface area contributed by atoms with E-state index in [4.69, 9.17) is 16.2 Å². The Balaban J connectivity index is 2.13. The molecule has 196 valence electrons. The summed E-state index contributed by atoms with van der Waals surface area (Å²) in [5.74, 6) is -10.0. The zero-order valence-electron chi connectivity index (χ0n) is 20.3. The van der Waals surface area contributed by atoms with Gasteiger partial charge in [-0.05, 0) is 31.3 Å². The summed E-state index contributed by atoms with van der Waals surface area (Å²) in [6, 6.07) is 1.40. The normalized spacial score (nSPS) is 29.2. The van der Waals surface area contributed by atoms with Crippen molar-refractivity contribution in [3.63, 3.8) is 0 Å². The van der Waals surface area contributed by atoms with Crippen molar-refractivity contribution in [2.45, 2.75) is 31.1 Å². The molecule has 1 amide bonds. The lowest BCUT2D eigenvalue weighted by molar-refractivity contribution is -0.177. The largest absolute Gasteiger partial charge is 0.510 e. The number of Topliss-reactive ketones (excluding diaryl/α,β-unsaturated/α-hetero) is 2. The SMILES string of the molecule is C=C1c2ccc(N)c(O)c2C(=O)C2=C(O)[C@]3(O)C(=O)C(C(N)=O)=C(O)[C@@H](N(C)C)[C@@H]3[C@H](OC(=O)CC)[C@H]12. The summed E-state index contributed by atoms with van der Waals surface area (Å²) < 4.78 is 5.68. The molecule has 12 heteroatoms. The maximum absolute atomic E-state index is 13.7. The molecule has 37 heavy (non-hydrogen) atoms. The molecule has 0 unspecified atom stereocenters. The lowest BCUT2D eigenvalue weighted by Gasteiger charge is -2.53. The number of fused-ring (bicyclic) bond motifs is 3. The van der Waals surface area contributed by atoms with E-state index in [1.165, 1.54) is 38.1 Å². The fraction of sp³-hybridized carbons (Fsp3) is 0.360. The van der Waals surface area contributed by atoms with Crippen molar-refractivity contribution >= 4 is 34.7 Å². The Morgan fingerprint density at radius 1 is 1.19 bits per heavy atom. The molecular formula is C25H27N3O9. The van der Waals surface area contributed by atoms with Crippen molar-refractivity contribution in [3.05, 3.63) is 52.5 Å². The number of esters is 1. The zero-order valence-corrected chi connectivity index (χ0v) is 20.3. The Kier molecular flexibility index (Phi) is 5.92. The number of aliphatic hydroxyl groups excluding tert-OH is 2. The number of ether oxygens (including phenoxy) is 1. The first-order valence-electron chi connectivity index (χ1n) is 11.4. The van der Waals surface area contributed by atoms with Crippen LogP contribution in [0.3, 0.4) is 0 Å². The number of ketones is 2. The molecule has 8 N–H and O–H groups in total. The lowest BCUT2D eigenvalue weighted by Crippen LogP contribution is -2.68. The number of likely N-dealkylation sites (N-methyl/N-ethyl adjacent to an activating group) is 1. The van der Waals surface area contributed by atoms with Gasteiger partial charge in [-0.15, -0.1) is 0 Å². The molecule has 3 aliphatic carbocycles. The molecule has 12 nitrogen and oxygen atoms in total. The second kappa shape index (κ2) is 8.46. The molecule has 0 heterocycles. The summed E-state index contributed by atoms with van der Waals surface area (Å²) in [6.45, 7) is 5.51. The molecule has 0 saturated carbocycles. The summed E-state index contributed by atoms with van der Waals surface area (Å²) in [7, 11) is 2.92. The first kappa shape index (κ1) is 25.9. The Labute approximate surface area is 211 Å². The molecular weight excluding hydrogens is 486 g/mol. The summed E-state index contributed by atoms with van der Waals surface area (Å²) >= 11 is 0. The summed E-state index contributed by atoms with van der Waals surface area (Å²) in [4.78, 5) is 53.3. The van der Waals surface area contributed by atoms with Crippen LogP contribution in [-0.4, -0.2) is 80.6 Å². The number of hydrogen-bond donors (Lipinski definition) is 6. The van der Waals surface area contributed by atoms with Crippen LogP contribution in [-0.2, 0) is 19.1 Å². The number of nitrogen functional groups attached to an aromatic ring is 1. The van der Waals surface area contributed by atoms with Gasteiger partial charge in [0.1, 0.15) is 28.9 Å². The first-order chi connectivity index (χ1) is 17.2. The van der Waals surface area contributed by atoms with Crippen LogP contribution >= 0.6 is 0 Å². The second-order valence-corrected chi connectivity index (χ2v) is 9.48. The van der Waals surface area contributed by atoms with E-state index in [1.807, 2.05) is 0 Å². The minimum Gasteiger partial charge on any atom is -0.510 e. The van der Waals surface area contributed by atoms with E-state index in [0.29, 0.717) is 0 Å². The predicted molar refractivity (Wildman–Crippen MR) is 129 cm³/mol. The summed E-state index contributed by atoms with van der Waals surface area (Å²) in [5, 5.41) is 44.8. The Morgan fingerprint density at radius 3 is 2.35 bits per heavy atom. The maximum Gasteiger partial charge on any atom is 0.305 e. The van der Waals surface area contributed by atoms with Crippen molar-refractivity contribution in [1.82, 2.24) is 4.90 Å². The molecule has 0 saturated heterocycles. The Morgan fingerprint density at radius 2 is 1.81 bits per heavy atom. The van der Waals surface area contributed by atoms with Gasteiger partial charge >= 0.3 is 5.97 Å². The standard InChI is InChI=1S/C25H27N3O9/c1-5-11(29)37-21-12-8(2)9-6-7-10(26)18(30)13(9)19(31)14(12)22(33)25(36)16(21)17(28(3)4)20(32)15(23(25)34)24(27)35/h6-7,12,16-17,21,30,32-33,36H,2,5,26H2,1,3-4H3,(H2,27,35)/t12-,16-,17+,21-,25+/m1/s1. The number of nitrogens with zero attached hydrogens (tertiary/aromatic N) is 1. The molecule has 0 radical (unpaired) electrons. The number of phenols is 1. The van der Waals surface area contributed by atoms with Crippen molar-refractivity contribution in [3.8, 4) is 5.75 Å². The van der Waals surface area contributed by atoms with Crippen molar-refractivity contribution in [1.29, 1.82) is 0 Å². The fourth-order valence-electron chi connectivity index (χ4n) is 5.62. The number of hydrogen-bond acceptors (Lipinski definition) is 11. The highest BCUT2D eigenvalue weighted by Crippen LogP contribution is 2.56. The topological polar surface area (TPSA) is 214 Å². The van der Waals surface area contributed by atoms with Gasteiger partial charge < -0.3 is 36.6 Å². The molecule has 0 aliphatic heterocycles. The number of rotatable bonds is 4. The van der Waals surface area contributed by atoms with Gasteiger partial charge in [0.25, 0.3) is 5.91 Å². The van der Waals surface area contributed by atoms with Crippen molar-refractivity contribution < 1.29 is 44.3 Å². The van der Waals surface area contributed by atoms with Crippen molar-refractivity contribution in [2.24, 2.45) is 17.6 Å². The number of amides is 1. The van der Waals surface area contributed by atoms with Crippen molar-refractivity contribution in [2.75, 3.05) is 19.8 Å². The number of benzene rings is 1. The molecule has 4 rings (SSSR count). The van der Waals surface area contributed by atoms with Gasteiger partial charge in [-0.2, -0.15) is 0 Å².